The van der Waals surface area contributed by atoms with E-state index in [1.807, 2.05) is 26.0 Å². The third kappa shape index (κ3) is 12.8. The third-order valence-corrected chi connectivity index (χ3v) is 2.14. The summed E-state index contributed by atoms with van der Waals surface area (Å²) in [4.78, 5) is 11.3. The summed E-state index contributed by atoms with van der Waals surface area (Å²) < 4.78 is 5.06. The molecule has 102 valence electrons. The highest BCUT2D eigenvalue weighted by molar-refractivity contribution is 5.71. The van der Waals surface area contributed by atoms with Gasteiger partial charge in [0.2, 0.25) is 0 Å². The molecule has 0 aliphatic heterocycles. The van der Waals surface area contributed by atoms with Gasteiger partial charge in [-0.1, -0.05) is 57.2 Å². The molecule has 0 bridgehead atoms. The second-order valence-electron chi connectivity index (χ2n) is 4.57. The summed E-state index contributed by atoms with van der Waals surface area (Å²) >= 11 is 0. The average Bonchev–Trinajstić information content (AvgIpc) is 2.34. The van der Waals surface area contributed by atoms with Crippen molar-refractivity contribution in [2.45, 2.75) is 46.5 Å². The molecule has 0 saturated heterocycles. The van der Waals surface area contributed by atoms with E-state index in [4.69, 9.17) is 4.74 Å². The highest BCUT2D eigenvalue weighted by Gasteiger charge is 2.00. The first-order valence-corrected chi connectivity index (χ1v) is 6.77. The molecule has 0 aromatic carbocycles. The van der Waals surface area contributed by atoms with Crippen molar-refractivity contribution in [1.82, 2.24) is 0 Å². The summed E-state index contributed by atoms with van der Waals surface area (Å²) in [5.41, 5.74) is 0. The molecule has 18 heavy (non-hydrogen) atoms. The van der Waals surface area contributed by atoms with Gasteiger partial charge in [-0.15, -0.1) is 0 Å². The van der Waals surface area contributed by atoms with E-state index in [9.17, 15) is 4.79 Å². The number of allylic oxidation sites excluding steroid dienone is 5. The summed E-state index contributed by atoms with van der Waals surface area (Å²) in [6.07, 6.45) is 15.7. The molecule has 0 aromatic heterocycles. The van der Waals surface area contributed by atoms with Crippen molar-refractivity contribution in [3.8, 4) is 0 Å². The van der Waals surface area contributed by atoms with Crippen LogP contribution in [0.1, 0.15) is 46.5 Å². The van der Waals surface area contributed by atoms with Crippen molar-refractivity contribution in [2.75, 3.05) is 6.61 Å². The molecule has 0 atom stereocenters. The maximum atomic E-state index is 11.3. The van der Waals surface area contributed by atoms with Crippen LogP contribution in [0.4, 0.5) is 0 Å². The maximum Gasteiger partial charge on any atom is 0.309 e. The Morgan fingerprint density at radius 1 is 1.00 bits per heavy atom. The molecule has 0 spiro atoms. The van der Waals surface area contributed by atoms with E-state index in [-0.39, 0.29) is 5.97 Å². The van der Waals surface area contributed by atoms with Crippen LogP contribution in [0.15, 0.2) is 36.5 Å². The van der Waals surface area contributed by atoms with E-state index in [0.29, 0.717) is 18.9 Å². The molecule has 0 aliphatic rings. The molecular weight excluding hydrogens is 224 g/mol. The lowest BCUT2D eigenvalue weighted by atomic mass is 10.2. The van der Waals surface area contributed by atoms with E-state index in [1.54, 1.807) is 0 Å². The second-order valence-corrected chi connectivity index (χ2v) is 4.57. The number of esters is 1. The predicted molar refractivity (Wildman–Crippen MR) is 77.4 cm³/mol. The van der Waals surface area contributed by atoms with Crippen molar-refractivity contribution < 1.29 is 9.53 Å². The number of rotatable bonds is 9. The van der Waals surface area contributed by atoms with E-state index in [0.717, 1.165) is 19.3 Å². The highest BCUT2D eigenvalue weighted by atomic mass is 16.5. The molecular formula is C16H26O2. The first-order chi connectivity index (χ1) is 8.66. The fourth-order valence-corrected chi connectivity index (χ4v) is 1.21. The fraction of sp³-hybridized carbons (Fsp3) is 0.562. The molecule has 0 radical (unpaired) electrons. The van der Waals surface area contributed by atoms with Gasteiger partial charge in [0, 0.05) is 0 Å². The molecule has 0 amide bonds. The van der Waals surface area contributed by atoms with Gasteiger partial charge in [-0.25, -0.2) is 0 Å². The summed E-state index contributed by atoms with van der Waals surface area (Å²) in [6, 6.07) is 0. The van der Waals surface area contributed by atoms with Gasteiger partial charge < -0.3 is 4.74 Å². The maximum absolute atomic E-state index is 11.3. The van der Waals surface area contributed by atoms with E-state index >= 15 is 0 Å². The normalized spacial score (nSPS) is 12.2. The average molecular weight is 250 g/mol. The van der Waals surface area contributed by atoms with Gasteiger partial charge in [-0.05, 0) is 25.2 Å². The predicted octanol–water partition coefficient (Wildman–Crippen LogP) is 4.43. The van der Waals surface area contributed by atoms with Crippen molar-refractivity contribution in [3.05, 3.63) is 36.5 Å². The van der Waals surface area contributed by atoms with E-state index < -0.39 is 0 Å². The SMILES string of the molecule is CC/C=C\C/C=C\C/C=C\CC(=O)OCC(C)C. The molecule has 0 fully saturated rings. The number of carbonyl (C=O) groups is 1. The van der Waals surface area contributed by atoms with Crippen molar-refractivity contribution in [2.24, 2.45) is 5.92 Å². The zero-order valence-corrected chi connectivity index (χ0v) is 11.9. The number of hydrogen-bond acceptors (Lipinski definition) is 2. The zero-order chi connectivity index (χ0) is 13.6. The lowest BCUT2D eigenvalue weighted by molar-refractivity contribution is -0.143. The Kier molecular flexibility index (Phi) is 11.3. The Bertz CT molecular complexity index is 285. The minimum Gasteiger partial charge on any atom is -0.465 e. The highest BCUT2D eigenvalue weighted by Crippen LogP contribution is 1.97. The van der Waals surface area contributed by atoms with Crippen molar-refractivity contribution in [1.29, 1.82) is 0 Å². The Morgan fingerprint density at radius 3 is 2.11 bits per heavy atom. The minimum absolute atomic E-state index is 0.144. The Hall–Kier alpha value is -1.31. The molecule has 0 unspecified atom stereocenters. The standard InChI is InChI=1S/C16H26O2/c1-4-5-6-7-8-9-10-11-12-13-16(17)18-14-15(2)3/h5-6,8-9,11-12,15H,4,7,10,13-14H2,1-3H3/b6-5-,9-8-,12-11-. The smallest absolute Gasteiger partial charge is 0.309 e. The van der Waals surface area contributed by atoms with Crippen LogP contribution < -0.4 is 0 Å². The summed E-state index contributed by atoms with van der Waals surface area (Å²) in [5, 5.41) is 0. The second kappa shape index (κ2) is 12.2. The van der Waals surface area contributed by atoms with Gasteiger partial charge in [0.05, 0.1) is 13.0 Å². The van der Waals surface area contributed by atoms with Gasteiger partial charge in [0.25, 0.3) is 0 Å². The van der Waals surface area contributed by atoms with Crippen LogP contribution >= 0.6 is 0 Å². The number of hydrogen-bond donors (Lipinski definition) is 0. The first-order valence-electron chi connectivity index (χ1n) is 6.77. The fourth-order valence-electron chi connectivity index (χ4n) is 1.21. The lowest BCUT2D eigenvalue weighted by Gasteiger charge is -2.04. The van der Waals surface area contributed by atoms with Gasteiger partial charge in [0.1, 0.15) is 0 Å². The first kappa shape index (κ1) is 16.7. The molecule has 0 aromatic rings. The largest absolute Gasteiger partial charge is 0.465 e. The van der Waals surface area contributed by atoms with Crippen LogP contribution in [0, 0.1) is 5.92 Å². The van der Waals surface area contributed by atoms with Gasteiger partial charge in [-0.2, -0.15) is 0 Å². The minimum atomic E-state index is -0.144. The van der Waals surface area contributed by atoms with Gasteiger partial charge in [0.15, 0.2) is 0 Å². The molecule has 0 aliphatic carbocycles. The summed E-state index contributed by atoms with van der Waals surface area (Å²) in [5.74, 6) is 0.256. The Labute approximate surface area is 111 Å². The van der Waals surface area contributed by atoms with Crippen molar-refractivity contribution in [3.63, 3.8) is 0 Å². The van der Waals surface area contributed by atoms with Gasteiger partial charge in [-0.3, -0.25) is 4.79 Å². The number of ether oxygens (including phenoxy) is 1. The summed E-state index contributed by atoms with van der Waals surface area (Å²) in [7, 11) is 0. The topological polar surface area (TPSA) is 26.3 Å². The molecule has 2 nitrogen and oxygen atoms in total. The molecule has 0 rings (SSSR count). The van der Waals surface area contributed by atoms with Crippen LogP contribution in [-0.4, -0.2) is 12.6 Å². The molecule has 0 N–H and O–H groups in total. The quantitative estimate of drug-likeness (QED) is 0.447. The third-order valence-electron chi connectivity index (χ3n) is 2.14. The van der Waals surface area contributed by atoms with Gasteiger partial charge >= 0.3 is 5.97 Å². The van der Waals surface area contributed by atoms with Crippen LogP contribution in [0.3, 0.4) is 0 Å². The zero-order valence-electron chi connectivity index (χ0n) is 11.9. The Morgan fingerprint density at radius 2 is 1.56 bits per heavy atom. The molecule has 0 heterocycles. The van der Waals surface area contributed by atoms with Crippen molar-refractivity contribution >= 4 is 5.97 Å². The molecule has 0 saturated carbocycles. The monoisotopic (exact) mass is 250 g/mol. The van der Waals surface area contributed by atoms with E-state index in [2.05, 4.69) is 31.2 Å². The summed E-state index contributed by atoms with van der Waals surface area (Å²) in [6.45, 7) is 6.69. The van der Waals surface area contributed by atoms with Crippen LogP contribution in [0.5, 0.6) is 0 Å². The van der Waals surface area contributed by atoms with Crippen LogP contribution in [0.25, 0.3) is 0 Å². The Balaban J connectivity index is 3.53. The van der Waals surface area contributed by atoms with Crippen LogP contribution in [-0.2, 0) is 9.53 Å². The van der Waals surface area contributed by atoms with E-state index in [1.165, 1.54) is 0 Å². The number of carbonyl (C=O) groups excluding carboxylic acids is 1. The molecule has 2 heteroatoms. The lowest BCUT2D eigenvalue weighted by Crippen LogP contribution is -2.08. The van der Waals surface area contributed by atoms with Crippen LogP contribution in [0.2, 0.25) is 0 Å².